The van der Waals surface area contributed by atoms with E-state index in [0.29, 0.717) is 29.1 Å². The smallest absolute Gasteiger partial charge is 0.416 e. The number of halogens is 6. The first-order valence-corrected chi connectivity index (χ1v) is 15.1. The zero-order valence-electron chi connectivity index (χ0n) is 21.8. The van der Waals surface area contributed by atoms with Crippen LogP contribution in [0, 0.1) is 0 Å². The van der Waals surface area contributed by atoms with Crippen molar-refractivity contribution in [3.05, 3.63) is 61.1 Å². The molecule has 2 N–H and O–H groups in total. The van der Waals surface area contributed by atoms with Crippen LogP contribution in [0.25, 0.3) is 17.2 Å². The SMILES string of the molecule is CCc1sc(NC(=O)CCN2C(=O)C(=Cc3cc(-c4cc(C(F)(F)F)cc(C(F)(F)F)c4)cs3)SC2=S)nc1CC(=O)O. The first kappa shape index (κ1) is 32.6. The average molecular weight is 680 g/mol. The standard InChI is InChI=1S/C26H19F6N3O4S4/c1-2-18-17(10-21(37)38)33-23(42-18)34-20(36)3-4-35-22(39)19(43-24(35)40)9-16-7-13(11-41-16)12-5-14(25(27,28)29)8-15(6-12)26(30,31)32/h5-9,11H,2-4,10H2,1H3,(H,37,38)(H,33,34,36). The molecule has 2 amide bonds. The van der Waals surface area contributed by atoms with E-state index in [0.717, 1.165) is 39.3 Å². The topological polar surface area (TPSA) is 99.6 Å². The van der Waals surface area contributed by atoms with Gasteiger partial charge in [0.2, 0.25) is 5.91 Å². The molecule has 7 nitrogen and oxygen atoms in total. The molecule has 2 aromatic heterocycles. The Morgan fingerprint density at radius 1 is 1.07 bits per heavy atom. The number of carbonyl (C=O) groups excluding carboxylic acids is 2. The Balaban J connectivity index is 1.44. The number of carboxylic acids is 1. The molecule has 1 aliphatic heterocycles. The van der Waals surface area contributed by atoms with E-state index in [4.69, 9.17) is 17.3 Å². The summed E-state index contributed by atoms with van der Waals surface area (Å²) in [6.45, 7) is 1.77. The average Bonchev–Trinajstić information content (AvgIpc) is 3.59. The van der Waals surface area contributed by atoms with Gasteiger partial charge in [0.15, 0.2) is 5.13 Å². The van der Waals surface area contributed by atoms with E-state index in [2.05, 4.69) is 10.3 Å². The molecule has 0 radical (unpaired) electrons. The second-order valence-electron chi connectivity index (χ2n) is 8.98. The molecular weight excluding hydrogens is 661 g/mol. The molecule has 0 unspecified atom stereocenters. The van der Waals surface area contributed by atoms with E-state index in [9.17, 15) is 40.7 Å². The summed E-state index contributed by atoms with van der Waals surface area (Å²) in [4.78, 5) is 43.2. The first-order valence-electron chi connectivity index (χ1n) is 12.2. The number of carbonyl (C=O) groups is 3. The molecule has 0 aliphatic carbocycles. The highest BCUT2D eigenvalue weighted by molar-refractivity contribution is 8.26. The Morgan fingerprint density at radius 3 is 2.30 bits per heavy atom. The van der Waals surface area contributed by atoms with Gasteiger partial charge in [0.05, 0.1) is 28.1 Å². The number of hydrogen-bond donors (Lipinski definition) is 2. The number of aromatic nitrogens is 1. The van der Waals surface area contributed by atoms with Crippen LogP contribution in [0.4, 0.5) is 31.5 Å². The lowest BCUT2D eigenvalue weighted by Crippen LogP contribution is -2.31. The number of aliphatic carboxylic acids is 1. The summed E-state index contributed by atoms with van der Waals surface area (Å²) in [5.74, 6) is -2.04. The minimum atomic E-state index is -4.98. The number of hydrogen-bond acceptors (Lipinski definition) is 8. The second-order valence-corrected chi connectivity index (χ2v) is 12.7. The van der Waals surface area contributed by atoms with Crippen molar-refractivity contribution in [2.24, 2.45) is 0 Å². The van der Waals surface area contributed by atoms with Crippen molar-refractivity contribution in [2.45, 2.75) is 38.5 Å². The maximum atomic E-state index is 13.3. The number of carboxylic acid groups (broad SMARTS) is 1. The molecule has 0 bridgehead atoms. The number of nitrogens with zero attached hydrogens (tertiary/aromatic N) is 2. The van der Waals surface area contributed by atoms with E-state index in [1.165, 1.54) is 22.4 Å². The van der Waals surface area contributed by atoms with Crippen LogP contribution in [0.5, 0.6) is 0 Å². The predicted octanol–water partition coefficient (Wildman–Crippen LogP) is 7.33. The Hall–Kier alpha value is -3.28. The summed E-state index contributed by atoms with van der Waals surface area (Å²) in [6, 6.07) is 2.69. The molecule has 1 saturated heterocycles. The Kier molecular flexibility index (Phi) is 9.68. The molecule has 228 valence electrons. The van der Waals surface area contributed by atoms with Gasteiger partial charge in [0.1, 0.15) is 4.32 Å². The third-order valence-corrected chi connectivity index (χ3v) is 9.33. The molecule has 1 aromatic carbocycles. The number of thiocarbonyl (C=S) groups is 1. The van der Waals surface area contributed by atoms with Crippen LogP contribution in [0.3, 0.4) is 0 Å². The zero-order chi connectivity index (χ0) is 31.7. The number of rotatable bonds is 9. The Morgan fingerprint density at radius 2 is 1.72 bits per heavy atom. The van der Waals surface area contributed by atoms with Gasteiger partial charge in [-0.25, -0.2) is 4.98 Å². The number of anilines is 1. The molecule has 17 heteroatoms. The van der Waals surface area contributed by atoms with Crippen molar-refractivity contribution in [3.63, 3.8) is 0 Å². The van der Waals surface area contributed by atoms with Crippen molar-refractivity contribution < 1.29 is 45.8 Å². The molecule has 0 atom stereocenters. The van der Waals surface area contributed by atoms with Gasteiger partial charge in [-0.05, 0) is 53.3 Å². The summed E-state index contributed by atoms with van der Waals surface area (Å²) in [5.41, 5.74) is -2.67. The number of amides is 2. The minimum absolute atomic E-state index is 0.0540. The first-order chi connectivity index (χ1) is 20.0. The molecule has 43 heavy (non-hydrogen) atoms. The molecule has 3 heterocycles. The van der Waals surface area contributed by atoms with E-state index >= 15 is 0 Å². The van der Waals surface area contributed by atoms with E-state index < -0.39 is 41.3 Å². The summed E-state index contributed by atoms with van der Waals surface area (Å²) < 4.78 is 79.7. The van der Waals surface area contributed by atoms with E-state index in [1.54, 1.807) is 0 Å². The number of benzene rings is 1. The van der Waals surface area contributed by atoms with Gasteiger partial charge in [-0.15, -0.1) is 22.7 Å². The monoisotopic (exact) mass is 679 g/mol. The van der Waals surface area contributed by atoms with Crippen molar-refractivity contribution in [1.29, 1.82) is 0 Å². The zero-order valence-corrected chi connectivity index (χ0v) is 25.0. The predicted molar refractivity (Wildman–Crippen MR) is 156 cm³/mol. The van der Waals surface area contributed by atoms with Crippen LogP contribution in [0.2, 0.25) is 0 Å². The minimum Gasteiger partial charge on any atom is -0.481 e. The third kappa shape index (κ3) is 8.01. The number of nitrogens with one attached hydrogen (secondary N) is 1. The molecule has 0 saturated carbocycles. The molecular formula is C26H19F6N3O4S4. The van der Waals surface area contributed by atoms with Gasteiger partial charge in [-0.1, -0.05) is 30.9 Å². The number of alkyl halides is 6. The highest BCUT2D eigenvalue weighted by Gasteiger charge is 2.37. The number of thioether (sulfide) groups is 1. The van der Waals surface area contributed by atoms with Crippen LogP contribution < -0.4 is 5.32 Å². The maximum absolute atomic E-state index is 13.3. The van der Waals surface area contributed by atoms with Crippen molar-refractivity contribution in [1.82, 2.24) is 9.88 Å². The lowest BCUT2D eigenvalue weighted by atomic mass is 10.0. The number of thiazole rings is 1. The van der Waals surface area contributed by atoms with Gasteiger partial charge in [0.25, 0.3) is 5.91 Å². The van der Waals surface area contributed by atoms with E-state index in [1.807, 2.05) is 6.92 Å². The molecule has 1 aliphatic rings. The van der Waals surface area contributed by atoms with Crippen molar-refractivity contribution in [3.8, 4) is 11.1 Å². The third-order valence-electron chi connectivity index (χ3n) is 5.91. The fraction of sp³-hybridized carbons (Fsp3) is 0.269. The quantitative estimate of drug-likeness (QED) is 0.139. The largest absolute Gasteiger partial charge is 0.481 e. The lowest BCUT2D eigenvalue weighted by molar-refractivity contribution is -0.143. The van der Waals surface area contributed by atoms with Gasteiger partial charge >= 0.3 is 18.3 Å². The van der Waals surface area contributed by atoms with Gasteiger partial charge < -0.3 is 10.4 Å². The van der Waals surface area contributed by atoms with Crippen LogP contribution in [0.15, 0.2) is 34.6 Å². The molecule has 3 aromatic rings. The highest BCUT2D eigenvalue weighted by atomic mass is 32.2. The summed E-state index contributed by atoms with van der Waals surface area (Å²) in [5, 5.41) is 13.2. The molecule has 1 fully saturated rings. The van der Waals surface area contributed by atoms with E-state index in [-0.39, 0.29) is 50.9 Å². The Labute approximate surface area is 257 Å². The van der Waals surface area contributed by atoms with Crippen molar-refractivity contribution in [2.75, 3.05) is 11.9 Å². The number of thiophene rings is 1. The van der Waals surface area contributed by atoms with Crippen molar-refractivity contribution >= 4 is 80.0 Å². The highest BCUT2D eigenvalue weighted by Crippen LogP contribution is 2.40. The normalized spacial score (nSPS) is 15.0. The number of aryl methyl sites for hydroxylation is 1. The fourth-order valence-electron chi connectivity index (χ4n) is 3.91. The van der Waals surface area contributed by atoms with Crippen LogP contribution >= 0.6 is 46.7 Å². The van der Waals surface area contributed by atoms with Gasteiger partial charge in [-0.2, -0.15) is 26.3 Å². The molecule has 0 spiro atoms. The molecule has 4 rings (SSSR count). The maximum Gasteiger partial charge on any atom is 0.416 e. The lowest BCUT2D eigenvalue weighted by Gasteiger charge is -2.13. The van der Waals surface area contributed by atoms with Gasteiger partial charge in [0, 0.05) is 22.7 Å². The van der Waals surface area contributed by atoms with Crippen LogP contribution in [-0.2, 0) is 39.6 Å². The van der Waals surface area contributed by atoms with Gasteiger partial charge in [-0.3, -0.25) is 19.3 Å². The van der Waals surface area contributed by atoms with Crippen LogP contribution in [-0.4, -0.2) is 43.6 Å². The summed E-state index contributed by atoms with van der Waals surface area (Å²) >= 11 is 8.39. The fourth-order valence-corrected chi connectivity index (χ4v) is 7.07. The van der Waals surface area contributed by atoms with Crippen LogP contribution in [0.1, 0.15) is 39.9 Å². The summed E-state index contributed by atoms with van der Waals surface area (Å²) in [7, 11) is 0. The Bertz CT molecular complexity index is 1590. The second kappa shape index (κ2) is 12.8. The summed E-state index contributed by atoms with van der Waals surface area (Å²) in [6.07, 6.45) is -8.42.